The standard InChI is InChI=1S/C24H25FN2.C22H21FN2.C3H8.C2H6/c1-5-18-12-16(2)13-21-22-15-26(4)11-10-23(22)27(24(18)21)14-17(3)19-6-8-20(25)9-7-19;1-14-9-16-11-17(15-3-5-18(23)6-4-15)12-25-21-7-8-24(2)13-20(21)19(10-14)22(16)25;1-3-2;1-2/h5-9,12-13H,1,3,10-11,14-15H2,2,4H3;3-6,9-11H,7-8,12-13H2,1-2H3;3H2,1-2H3;1-2H3. The second-order valence-corrected chi connectivity index (χ2v) is 15.7. The number of allylic oxidation sites excluding steroid dienone is 2. The van der Waals surface area contributed by atoms with E-state index < -0.39 is 0 Å². The highest BCUT2D eigenvalue weighted by atomic mass is 19.1. The smallest absolute Gasteiger partial charge is 0.123 e. The quantitative estimate of drug-likeness (QED) is 0.174. The van der Waals surface area contributed by atoms with Crippen molar-refractivity contribution in [2.45, 2.75) is 87.0 Å². The lowest BCUT2D eigenvalue weighted by atomic mass is 9.97. The van der Waals surface area contributed by atoms with Gasteiger partial charge in [0.1, 0.15) is 11.6 Å². The van der Waals surface area contributed by atoms with E-state index in [-0.39, 0.29) is 11.6 Å². The molecule has 0 aliphatic carbocycles. The van der Waals surface area contributed by atoms with Crippen molar-refractivity contribution in [1.29, 1.82) is 0 Å². The number of likely N-dealkylation sites (N-methyl/N-ethyl adjacent to an activating group) is 2. The number of nitrogens with zero attached hydrogens (tertiary/aromatic N) is 4. The zero-order chi connectivity index (χ0) is 41.0. The lowest BCUT2D eigenvalue weighted by Gasteiger charge is -2.25. The maximum Gasteiger partial charge on any atom is 0.123 e. The maximum atomic E-state index is 13.3. The fourth-order valence-electron chi connectivity index (χ4n) is 8.62. The van der Waals surface area contributed by atoms with Crippen molar-refractivity contribution in [2.75, 3.05) is 27.2 Å². The summed E-state index contributed by atoms with van der Waals surface area (Å²) >= 11 is 0. The zero-order valence-corrected chi connectivity index (χ0v) is 35.4. The molecule has 9 rings (SSSR count). The molecule has 57 heavy (non-hydrogen) atoms. The number of aryl methyl sites for hydroxylation is 2. The summed E-state index contributed by atoms with van der Waals surface area (Å²) in [4.78, 5) is 4.77. The predicted molar refractivity (Wildman–Crippen MR) is 241 cm³/mol. The van der Waals surface area contributed by atoms with Gasteiger partial charge in [0.25, 0.3) is 0 Å². The minimum absolute atomic E-state index is 0.180. The van der Waals surface area contributed by atoms with Gasteiger partial charge in [-0.3, -0.25) is 0 Å². The van der Waals surface area contributed by atoms with Crippen molar-refractivity contribution in [3.8, 4) is 0 Å². The number of aromatic nitrogens is 2. The third-order valence-corrected chi connectivity index (χ3v) is 11.1. The van der Waals surface area contributed by atoms with E-state index >= 15 is 0 Å². The van der Waals surface area contributed by atoms with Gasteiger partial charge in [0.05, 0.1) is 11.0 Å². The summed E-state index contributed by atoms with van der Waals surface area (Å²) in [6.45, 7) is 26.6. The van der Waals surface area contributed by atoms with Crippen molar-refractivity contribution in [1.82, 2.24) is 18.9 Å². The molecule has 6 aromatic rings. The van der Waals surface area contributed by atoms with E-state index in [0.29, 0.717) is 6.54 Å². The molecule has 0 saturated carbocycles. The number of fused-ring (bicyclic) bond motifs is 6. The average molecular weight is 767 g/mol. The maximum absolute atomic E-state index is 13.3. The Hall–Kier alpha value is -5.04. The van der Waals surface area contributed by atoms with E-state index in [2.05, 4.69) is 104 Å². The van der Waals surface area contributed by atoms with Crippen LogP contribution in [0.1, 0.15) is 90.0 Å². The van der Waals surface area contributed by atoms with Crippen LogP contribution in [0.5, 0.6) is 0 Å². The van der Waals surface area contributed by atoms with Gasteiger partial charge in [0.2, 0.25) is 0 Å². The Morgan fingerprint density at radius 3 is 1.84 bits per heavy atom. The van der Waals surface area contributed by atoms with Crippen molar-refractivity contribution >= 4 is 45.1 Å². The zero-order valence-electron chi connectivity index (χ0n) is 35.4. The number of hydrogen-bond donors (Lipinski definition) is 0. The third kappa shape index (κ3) is 8.63. The number of halogens is 2. The van der Waals surface area contributed by atoms with Crippen LogP contribution in [0.2, 0.25) is 0 Å². The van der Waals surface area contributed by atoms with E-state index in [1.807, 2.05) is 44.2 Å². The molecule has 0 bridgehead atoms. The van der Waals surface area contributed by atoms with Crippen LogP contribution in [0.4, 0.5) is 8.78 Å². The average Bonchev–Trinajstić information content (AvgIpc) is 3.67. The van der Waals surface area contributed by atoms with E-state index in [1.54, 1.807) is 12.1 Å². The Labute approximate surface area is 339 Å². The Morgan fingerprint density at radius 1 is 0.719 bits per heavy atom. The molecule has 6 heteroatoms. The van der Waals surface area contributed by atoms with E-state index in [0.717, 1.165) is 67.8 Å². The van der Waals surface area contributed by atoms with Crippen LogP contribution < -0.4 is 0 Å². The molecule has 0 radical (unpaired) electrons. The van der Waals surface area contributed by atoms with Crippen molar-refractivity contribution < 1.29 is 8.78 Å². The molecule has 4 nitrogen and oxygen atoms in total. The lowest BCUT2D eigenvalue weighted by molar-refractivity contribution is 0.310. The van der Waals surface area contributed by atoms with Gasteiger partial charge in [0, 0.05) is 74.3 Å². The molecule has 298 valence electrons. The first kappa shape index (κ1) is 41.6. The molecule has 2 aromatic heterocycles. The van der Waals surface area contributed by atoms with Crippen LogP contribution in [0, 0.1) is 25.5 Å². The third-order valence-electron chi connectivity index (χ3n) is 11.1. The summed E-state index contributed by atoms with van der Waals surface area (Å²) in [5.74, 6) is -0.400. The summed E-state index contributed by atoms with van der Waals surface area (Å²) in [7, 11) is 4.37. The van der Waals surface area contributed by atoms with E-state index in [4.69, 9.17) is 0 Å². The first-order valence-electron chi connectivity index (χ1n) is 20.7. The molecule has 0 amide bonds. The highest BCUT2D eigenvalue weighted by Crippen LogP contribution is 2.40. The molecule has 0 spiro atoms. The summed E-state index contributed by atoms with van der Waals surface area (Å²) in [6.07, 6.45) is 7.60. The van der Waals surface area contributed by atoms with Crippen LogP contribution in [0.3, 0.4) is 0 Å². The van der Waals surface area contributed by atoms with Crippen LogP contribution in [0.15, 0.2) is 86.0 Å². The fraction of sp³-hybridized carbons (Fsp3) is 0.333. The highest BCUT2D eigenvalue weighted by molar-refractivity contribution is 6.00. The second kappa shape index (κ2) is 18.0. The van der Waals surface area contributed by atoms with Crippen LogP contribution >= 0.6 is 0 Å². The van der Waals surface area contributed by atoms with Gasteiger partial charge in [0.15, 0.2) is 0 Å². The molecule has 0 N–H and O–H groups in total. The predicted octanol–water partition coefficient (Wildman–Crippen LogP) is 12.5. The monoisotopic (exact) mass is 766 g/mol. The number of hydrogen-bond acceptors (Lipinski definition) is 2. The topological polar surface area (TPSA) is 16.3 Å². The number of rotatable bonds is 5. The van der Waals surface area contributed by atoms with E-state index in [9.17, 15) is 8.78 Å². The molecular formula is C51H60F2N4. The number of benzene rings is 4. The van der Waals surface area contributed by atoms with Gasteiger partial charge in [-0.25, -0.2) is 8.78 Å². The molecule has 3 aliphatic rings. The molecule has 0 saturated heterocycles. The normalized spacial score (nSPS) is 14.6. The van der Waals surface area contributed by atoms with Crippen LogP contribution in [-0.2, 0) is 39.0 Å². The van der Waals surface area contributed by atoms with Crippen molar-refractivity contribution in [2.24, 2.45) is 0 Å². The van der Waals surface area contributed by atoms with Gasteiger partial charge in [-0.1, -0.05) is 77.6 Å². The van der Waals surface area contributed by atoms with Crippen LogP contribution in [-0.4, -0.2) is 46.1 Å². The van der Waals surface area contributed by atoms with Crippen molar-refractivity contribution in [3.05, 3.63) is 153 Å². The SMILES string of the molecule is C=Cc1cc(C)cc2c3c(n(CC(=C)c4ccc(F)cc4)c12)CCN(C)C3.CC.CCC.Cc1cc2c3c(c1)c1c(n3CC(c3ccc(F)cc3)=C2)CCN(C)C1. The molecule has 5 heterocycles. The molecule has 0 fully saturated rings. The van der Waals surface area contributed by atoms with Gasteiger partial charge >= 0.3 is 0 Å². The largest absolute Gasteiger partial charge is 0.339 e. The van der Waals surface area contributed by atoms with Gasteiger partial charge in [-0.15, -0.1) is 0 Å². The minimum Gasteiger partial charge on any atom is -0.339 e. The lowest BCUT2D eigenvalue weighted by Crippen LogP contribution is -2.27. The second-order valence-electron chi connectivity index (χ2n) is 15.7. The van der Waals surface area contributed by atoms with E-state index in [1.165, 1.54) is 85.1 Å². The Kier molecular flexibility index (Phi) is 13.2. The molecule has 0 atom stereocenters. The Bertz CT molecular complexity index is 2420. The Balaban J connectivity index is 0.000000174. The van der Waals surface area contributed by atoms with Gasteiger partial charge in [-0.05, 0) is 138 Å². The van der Waals surface area contributed by atoms with Gasteiger partial charge < -0.3 is 18.9 Å². The minimum atomic E-state index is -0.220. The van der Waals surface area contributed by atoms with Crippen LogP contribution in [0.25, 0.3) is 45.1 Å². The molecule has 4 aromatic carbocycles. The summed E-state index contributed by atoms with van der Waals surface area (Å²) in [5, 5.41) is 2.73. The highest BCUT2D eigenvalue weighted by Gasteiger charge is 2.27. The van der Waals surface area contributed by atoms with Gasteiger partial charge in [-0.2, -0.15) is 0 Å². The summed E-state index contributed by atoms with van der Waals surface area (Å²) in [5.41, 5.74) is 17.7. The first-order chi connectivity index (χ1) is 27.5. The molecular weight excluding hydrogens is 707 g/mol. The first-order valence-corrected chi connectivity index (χ1v) is 20.7. The fourth-order valence-corrected chi connectivity index (χ4v) is 8.62. The molecule has 0 unspecified atom stereocenters. The Morgan fingerprint density at radius 2 is 1.25 bits per heavy atom. The summed E-state index contributed by atoms with van der Waals surface area (Å²) in [6, 6.07) is 22.6. The molecule has 3 aliphatic heterocycles. The summed E-state index contributed by atoms with van der Waals surface area (Å²) < 4.78 is 31.5. The van der Waals surface area contributed by atoms with Crippen molar-refractivity contribution in [3.63, 3.8) is 0 Å².